The molecule has 0 radical (unpaired) electrons. The number of hydrogen-bond donors (Lipinski definition) is 2. The van der Waals surface area contributed by atoms with Crippen LogP contribution in [0, 0.1) is 5.92 Å². The Labute approximate surface area is 95.3 Å². The molecule has 2 nitrogen and oxygen atoms in total. The van der Waals surface area contributed by atoms with Crippen molar-refractivity contribution in [3.63, 3.8) is 0 Å². The fourth-order valence-electron chi connectivity index (χ4n) is 1.98. The van der Waals surface area contributed by atoms with Crippen LogP contribution < -0.4 is 5.73 Å². The maximum Gasteiger partial charge on any atom is 0.105 e. The molecule has 0 spiro atoms. The van der Waals surface area contributed by atoms with Gasteiger partial charge in [0.15, 0.2) is 0 Å². The van der Waals surface area contributed by atoms with E-state index in [2.05, 4.69) is 13.8 Å². The van der Waals surface area contributed by atoms with Crippen LogP contribution in [-0.2, 0) is 0 Å². The molecule has 3 N–H and O–H groups in total. The van der Waals surface area contributed by atoms with E-state index < -0.39 is 6.23 Å². The Kier molecular flexibility index (Phi) is 10.4. The van der Waals surface area contributed by atoms with E-state index in [-0.39, 0.29) is 0 Å². The van der Waals surface area contributed by atoms with Gasteiger partial charge in [-0.1, -0.05) is 58.8 Å². The lowest BCUT2D eigenvalue weighted by atomic mass is 9.93. The summed E-state index contributed by atoms with van der Waals surface area (Å²) in [4.78, 5) is 0. The molecule has 0 amide bonds. The molecule has 0 saturated heterocycles. The fraction of sp³-hybridized carbons (Fsp3) is 1.00. The molecule has 0 bridgehead atoms. The molecule has 2 atom stereocenters. The highest BCUT2D eigenvalue weighted by atomic mass is 16.3. The minimum absolute atomic E-state index is 0.327. The summed E-state index contributed by atoms with van der Waals surface area (Å²) >= 11 is 0. The zero-order valence-electron chi connectivity index (χ0n) is 10.5. The molecule has 92 valence electrons. The highest BCUT2D eigenvalue weighted by molar-refractivity contribution is 4.64. The molecule has 0 fully saturated rings. The number of aliphatic hydroxyl groups excluding tert-OH is 1. The molecule has 0 aliphatic rings. The molecular weight excluding hydrogens is 186 g/mol. The van der Waals surface area contributed by atoms with Crippen LogP contribution >= 0.6 is 0 Å². The van der Waals surface area contributed by atoms with Crippen molar-refractivity contribution in [1.82, 2.24) is 0 Å². The smallest absolute Gasteiger partial charge is 0.105 e. The quantitative estimate of drug-likeness (QED) is 0.433. The second kappa shape index (κ2) is 10.4. The SMILES string of the molecule is CCCCCCC(CCCCC)[C@H](N)O. The Bertz CT molecular complexity index is 126. The molecule has 0 aromatic heterocycles. The van der Waals surface area contributed by atoms with Crippen molar-refractivity contribution in [3.05, 3.63) is 0 Å². The third kappa shape index (κ3) is 8.88. The summed E-state index contributed by atoms with van der Waals surface area (Å²) in [6.45, 7) is 4.42. The van der Waals surface area contributed by atoms with Gasteiger partial charge in [0.25, 0.3) is 0 Å². The summed E-state index contributed by atoms with van der Waals surface area (Å²) in [5, 5.41) is 9.45. The standard InChI is InChI=1S/C13H29NO/c1-3-5-7-9-11-12(13(14)15)10-8-6-4-2/h12-13,15H,3-11,14H2,1-2H3/t12?,13-/m1/s1. The fourth-order valence-corrected chi connectivity index (χ4v) is 1.98. The summed E-state index contributed by atoms with van der Waals surface area (Å²) in [5.41, 5.74) is 5.59. The van der Waals surface area contributed by atoms with E-state index >= 15 is 0 Å². The molecule has 2 heteroatoms. The Morgan fingerprint density at radius 3 is 1.80 bits per heavy atom. The van der Waals surface area contributed by atoms with Gasteiger partial charge in [0, 0.05) is 0 Å². The Morgan fingerprint density at radius 2 is 1.33 bits per heavy atom. The van der Waals surface area contributed by atoms with Crippen LogP contribution in [0.2, 0.25) is 0 Å². The van der Waals surface area contributed by atoms with Crippen molar-refractivity contribution >= 4 is 0 Å². The van der Waals surface area contributed by atoms with Crippen LogP contribution in [0.4, 0.5) is 0 Å². The van der Waals surface area contributed by atoms with E-state index in [1.807, 2.05) is 0 Å². The molecule has 0 aromatic rings. The van der Waals surface area contributed by atoms with Crippen molar-refractivity contribution in [2.75, 3.05) is 0 Å². The van der Waals surface area contributed by atoms with Gasteiger partial charge in [0.1, 0.15) is 6.23 Å². The van der Waals surface area contributed by atoms with Gasteiger partial charge in [-0.2, -0.15) is 0 Å². The Balaban J connectivity index is 3.54. The largest absolute Gasteiger partial charge is 0.379 e. The van der Waals surface area contributed by atoms with Gasteiger partial charge in [0.05, 0.1) is 0 Å². The van der Waals surface area contributed by atoms with Gasteiger partial charge in [-0.15, -0.1) is 0 Å². The average molecular weight is 215 g/mol. The normalized spacial score (nSPS) is 15.2. The van der Waals surface area contributed by atoms with Gasteiger partial charge >= 0.3 is 0 Å². The zero-order valence-corrected chi connectivity index (χ0v) is 10.5. The maximum atomic E-state index is 9.45. The number of aliphatic hydroxyl groups is 1. The van der Waals surface area contributed by atoms with E-state index in [0.29, 0.717) is 5.92 Å². The minimum atomic E-state index is -0.608. The molecule has 0 aliphatic carbocycles. The highest BCUT2D eigenvalue weighted by Crippen LogP contribution is 2.19. The molecule has 0 aliphatic heterocycles. The lowest BCUT2D eigenvalue weighted by Crippen LogP contribution is -2.29. The average Bonchev–Trinajstić information content (AvgIpc) is 2.21. The molecule has 1 unspecified atom stereocenters. The summed E-state index contributed by atoms with van der Waals surface area (Å²) < 4.78 is 0. The van der Waals surface area contributed by atoms with Crippen LogP contribution in [0.5, 0.6) is 0 Å². The van der Waals surface area contributed by atoms with Crippen molar-refractivity contribution in [1.29, 1.82) is 0 Å². The monoisotopic (exact) mass is 215 g/mol. The lowest BCUT2D eigenvalue weighted by Gasteiger charge is -2.19. The topological polar surface area (TPSA) is 46.2 Å². The van der Waals surface area contributed by atoms with Crippen LogP contribution in [-0.4, -0.2) is 11.3 Å². The maximum absolute atomic E-state index is 9.45. The van der Waals surface area contributed by atoms with Crippen LogP contribution in [0.3, 0.4) is 0 Å². The van der Waals surface area contributed by atoms with Crippen molar-refractivity contribution in [2.24, 2.45) is 11.7 Å². The van der Waals surface area contributed by atoms with Crippen LogP contribution in [0.1, 0.15) is 71.6 Å². The number of nitrogens with two attached hydrogens (primary N) is 1. The minimum Gasteiger partial charge on any atom is -0.379 e. The summed E-state index contributed by atoms with van der Waals surface area (Å²) in [7, 11) is 0. The third-order valence-corrected chi connectivity index (χ3v) is 3.09. The highest BCUT2D eigenvalue weighted by Gasteiger charge is 2.14. The van der Waals surface area contributed by atoms with Crippen LogP contribution in [0.25, 0.3) is 0 Å². The number of unbranched alkanes of at least 4 members (excludes halogenated alkanes) is 5. The Hall–Kier alpha value is -0.0800. The molecule has 0 saturated carbocycles. The van der Waals surface area contributed by atoms with E-state index in [1.165, 1.54) is 44.9 Å². The first-order chi connectivity index (χ1) is 7.22. The Morgan fingerprint density at radius 1 is 0.867 bits per heavy atom. The van der Waals surface area contributed by atoms with Crippen LogP contribution in [0.15, 0.2) is 0 Å². The van der Waals surface area contributed by atoms with Crippen molar-refractivity contribution < 1.29 is 5.11 Å². The van der Waals surface area contributed by atoms with E-state index in [9.17, 15) is 5.11 Å². The predicted molar refractivity (Wildman–Crippen MR) is 66.6 cm³/mol. The molecule has 15 heavy (non-hydrogen) atoms. The molecule has 0 heterocycles. The van der Waals surface area contributed by atoms with E-state index in [0.717, 1.165) is 12.8 Å². The summed E-state index contributed by atoms with van der Waals surface area (Å²) in [5.74, 6) is 0.327. The third-order valence-electron chi connectivity index (χ3n) is 3.09. The predicted octanol–water partition coefficient (Wildman–Crippen LogP) is 3.43. The number of hydrogen-bond acceptors (Lipinski definition) is 2. The van der Waals surface area contributed by atoms with E-state index in [1.54, 1.807) is 0 Å². The first-order valence-corrected chi connectivity index (χ1v) is 6.66. The van der Waals surface area contributed by atoms with Gasteiger partial charge in [0.2, 0.25) is 0 Å². The molecule has 0 aromatic carbocycles. The van der Waals surface area contributed by atoms with Gasteiger partial charge in [-0.25, -0.2) is 0 Å². The first-order valence-electron chi connectivity index (χ1n) is 6.66. The van der Waals surface area contributed by atoms with Gasteiger partial charge in [-0.3, -0.25) is 0 Å². The van der Waals surface area contributed by atoms with Gasteiger partial charge < -0.3 is 10.8 Å². The summed E-state index contributed by atoms with van der Waals surface area (Å²) in [6, 6.07) is 0. The molecule has 0 rings (SSSR count). The second-order valence-electron chi connectivity index (χ2n) is 4.60. The van der Waals surface area contributed by atoms with Crippen molar-refractivity contribution in [2.45, 2.75) is 77.9 Å². The van der Waals surface area contributed by atoms with Gasteiger partial charge in [-0.05, 0) is 18.8 Å². The second-order valence-corrected chi connectivity index (χ2v) is 4.60. The number of rotatable bonds is 10. The summed E-state index contributed by atoms with van der Waals surface area (Å²) in [6.07, 6.45) is 10.4. The molecular formula is C13H29NO. The van der Waals surface area contributed by atoms with E-state index in [4.69, 9.17) is 5.73 Å². The lowest BCUT2D eigenvalue weighted by molar-refractivity contribution is 0.0998. The first kappa shape index (κ1) is 14.9. The zero-order chi connectivity index (χ0) is 11.5. The van der Waals surface area contributed by atoms with Crippen molar-refractivity contribution in [3.8, 4) is 0 Å².